The summed E-state index contributed by atoms with van der Waals surface area (Å²) in [5, 5.41) is 2.20. The van der Waals surface area contributed by atoms with E-state index < -0.39 is 0 Å². The zero-order valence-corrected chi connectivity index (χ0v) is 13.3. The molecule has 1 aromatic heterocycles. The summed E-state index contributed by atoms with van der Waals surface area (Å²) in [5.74, 6) is 0. The first kappa shape index (κ1) is 13.2. The summed E-state index contributed by atoms with van der Waals surface area (Å²) in [5.41, 5.74) is 9.86. The quantitative estimate of drug-likeness (QED) is 0.894. The molecule has 1 aliphatic heterocycles. The van der Waals surface area contributed by atoms with Crippen LogP contribution in [0.15, 0.2) is 34.1 Å². The third-order valence-corrected chi connectivity index (χ3v) is 5.34. The number of thiophene rings is 1. The fourth-order valence-corrected chi connectivity index (χ4v) is 4.21. The normalized spacial score (nSPS) is 18.5. The Kier molecular flexibility index (Phi) is 3.65. The van der Waals surface area contributed by atoms with E-state index in [9.17, 15) is 0 Å². The van der Waals surface area contributed by atoms with Gasteiger partial charge in [-0.05, 0) is 54.1 Å². The van der Waals surface area contributed by atoms with Crippen LogP contribution in [0.4, 0.5) is 5.69 Å². The topological polar surface area (TPSA) is 29.3 Å². The van der Waals surface area contributed by atoms with Crippen molar-refractivity contribution in [2.75, 3.05) is 11.4 Å². The third kappa shape index (κ3) is 2.33. The molecule has 1 atom stereocenters. The van der Waals surface area contributed by atoms with Crippen molar-refractivity contribution in [1.29, 1.82) is 0 Å². The number of benzene rings is 1. The Morgan fingerprint density at radius 3 is 3.05 bits per heavy atom. The Balaban J connectivity index is 2.00. The summed E-state index contributed by atoms with van der Waals surface area (Å²) in [6.07, 6.45) is 1.14. The lowest BCUT2D eigenvalue weighted by molar-refractivity contribution is 0.630. The van der Waals surface area contributed by atoms with E-state index in [0.29, 0.717) is 12.6 Å². The van der Waals surface area contributed by atoms with Gasteiger partial charge >= 0.3 is 0 Å². The summed E-state index contributed by atoms with van der Waals surface area (Å²) < 4.78 is 1.09. The van der Waals surface area contributed by atoms with Crippen molar-refractivity contribution >= 4 is 33.0 Å². The van der Waals surface area contributed by atoms with Gasteiger partial charge in [-0.2, -0.15) is 0 Å². The monoisotopic (exact) mass is 336 g/mol. The van der Waals surface area contributed by atoms with Gasteiger partial charge in [0.2, 0.25) is 0 Å². The van der Waals surface area contributed by atoms with E-state index in [1.807, 2.05) is 11.3 Å². The van der Waals surface area contributed by atoms with E-state index in [2.05, 4.69) is 57.4 Å². The minimum absolute atomic E-state index is 0.432. The van der Waals surface area contributed by atoms with Gasteiger partial charge in [0, 0.05) is 28.1 Å². The standard InChI is InChI=1S/C15H17BrN2S/c1-10-13-5-7-19-15(13)4-6-18(10)14-3-2-12(16)8-11(14)9-17/h2-3,5,7-8,10H,4,6,9,17H2,1H3. The lowest BCUT2D eigenvalue weighted by Crippen LogP contribution is -2.34. The molecule has 2 heterocycles. The molecule has 0 aliphatic carbocycles. The summed E-state index contributed by atoms with van der Waals surface area (Å²) in [7, 11) is 0. The Morgan fingerprint density at radius 2 is 2.26 bits per heavy atom. The third-order valence-electron chi connectivity index (χ3n) is 3.85. The molecule has 0 amide bonds. The van der Waals surface area contributed by atoms with Gasteiger partial charge in [-0.25, -0.2) is 0 Å². The number of fused-ring (bicyclic) bond motifs is 1. The second-order valence-electron chi connectivity index (χ2n) is 4.90. The Hall–Kier alpha value is -0.840. The van der Waals surface area contributed by atoms with Crippen molar-refractivity contribution in [3.8, 4) is 0 Å². The van der Waals surface area contributed by atoms with Crippen LogP contribution in [0.2, 0.25) is 0 Å². The van der Waals surface area contributed by atoms with Crippen LogP contribution in [0, 0.1) is 0 Å². The summed E-state index contributed by atoms with van der Waals surface area (Å²) in [4.78, 5) is 4.01. The molecule has 19 heavy (non-hydrogen) atoms. The molecule has 2 nitrogen and oxygen atoms in total. The maximum Gasteiger partial charge on any atom is 0.0525 e. The maximum absolute atomic E-state index is 5.90. The number of hydrogen-bond donors (Lipinski definition) is 1. The number of nitrogens with two attached hydrogens (primary N) is 1. The zero-order valence-electron chi connectivity index (χ0n) is 10.9. The SMILES string of the molecule is CC1c2ccsc2CCN1c1ccc(Br)cc1CN. The van der Waals surface area contributed by atoms with Crippen molar-refractivity contribution < 1.29 is 0 Å². The van der Waals surface area contributed by atoms with Gasteiger partial charge in [-0.1, -0.05) is 15.9 Å². The predicted octanol–water partition coefficient (Wildman–Crippen LogP) is 4.09. The van der Waals surface area contributed by atoms with Crippen molar-refractivity contribution in [2.45, 2.75) is 25.9 Å². The molecule has 100 valence electrons. The van der Waals surface area contributed by atoms with E-state index in [0.717, 1.165) is 17.4 Å². The van der Waals surface area contributed by atoms with E-state index in [1.165, 1.54) is 21.7 Å². The summed E-state index contributed by atoms with van der Waals surface area (Å²) in [6, 6.07) is 9.11. The van der Waals surface area contributed by atoms with Crippen LogP contribution in [-0.2, 0) is 13.0 Å². The molecular weight excluding hydrogens is 320 g/mol. The van der Waals surface area contributed by atoms with Gasteiger partial charge in [-0.3, -0.25) is 0 Å². The fraction of sp³-hybridized carbons (Fsp3) is 0.333. The van der Waals surface area contributed by atoms with E-state index in [4.69, 9.17) is 5.73 Å². The Bertz CT molecular complexity index is 594. The first-order chi connectivity index (χ1) is 9.20. The van der Waals surface area contributed by atoms with Gasteiger partial charge in [0.05, 0.1) is 6.04 Å². The Labute approximate surface area is 126 Å². The van der Waals surface area contributed by atoms with Gasteiger partial charge in [0.1, 0.15) is 0 Å². The molecule has 2 aromatic rings. The Morgan fingerprint density at radius 1 is 1.42 bits per heavy atom. The van der Waals surface area contributed by atoms with Crippen LogP contribution >= 0.6 is 27.3 Å². The van der Waals surface area contributed by atoms with Gasteiger partial charge in [-0.15, -0.1) is 11.3 Å². The van der Waals surface area contributed by atoms with E-state index in [1.54, 1.807) is 0 Å². The van der Waals surface area contributed by atoms with E-state index >= 15 is 0 Å². The van der Waals surface area contributed by atoms with Gasteiger partial charge in [0.25, 0.3) is 0 Å². The van der Waals surface area contributed by atoms with E-state index in [-0.39, 0.29) is 0 Å². The number of halogens is 1. The molecule has 3 rings (SSSR count). The summed E-state index contributed by atoms with van der Waals surface area (Å²) in [6.45, 7) is 3.94. The number of hydrogen-bond acceptors (Lipinski definition) is 3. The average Bonchev–Trinajstić information content (AvgIpc) is 2.89. The lowest BCUT2D eigenvalue weighted by atomic mass is 9.99. The molecule has 0 saturated carbocycles. The van der Waals surface area contributed by atoms with Crippen molar-refractivity contribution in [3.05, 3.63) is 50.1 Å². The van der Waals surface area contributed by atoms with Crippen molar-refractivity contribution in [1.82, 2.24) is 0 Å². The van der Waals surface area contributed by atoms with Crippen LogP contribution in [0.5, 0.6) is 0 Å². The molecule has 0 bridgehead atoms. The summed E-state index contributed by atoms with van der Waals surface area (Å²) >= 11 is 5.40. The molecule has 0 radical (unpaired) electrons. The van der Waals surface area contributed by atoms with Crippen molar-refractivity contribution in [2.24, 2.45) is 5.73 Å². The molecule has 1 unspecified atom stereocenters. The first-order valence-electron chi connectivity index (χ1n) is 6.52. The maximum atomic E-state index is 5.90. The molecule has 0 saturated heterocycles. The highest BCUT2D eigenvalue weighted by Crippen LogP contribution is 2.37. The molecule has 4 heteroatoms. The zero-order chi connectivity index (χ0) is 13.4. The van der Waals surface area contributed by atoms with Gasteiger partial charge in [0.15, 0.2) is 0 Å². The molecule has 2 N–H and O–H groups in total. The number of nitrogens with zero attached hydrogens (tertiary/aromatic N) is 1. The highest BCUT2D eigenvalue weighted by Gasteiger charge is 2.26. The first-order valence-corrected chi connectivity index (χ1v) is 8.19. The fourth-order valence-electron chi connectivity index (χ4n) is 2.84. The largest absolute Gasteiger partial charge is 0.364 e. The van der Waals surface area contributed by atoms with Crippen LogP contribution in [0.1, 0.15) is 29.0 Å². The van der Waals surface area contributed by atoms with Crippen LogP contribution < -0.4 is 10.6 Å². The van der Waals surface area contributed by atoms with Crippen LogP contribution in [-0.4, -0.2) is 6.54 Å². The highest BCUT2D eigenvalue weighted by atomic mass is 79.9. The molecule has 0 fully saturated rings. The molecule has 0 spiro atoms. The lowest BCUT2D eigenvalue weighted by Gasteiger charge is -2.36. The molecule has 1 aliphatic rings. The van der Waals surface area contributed by atoms with Crippen LogP contribution in [0.3, 0.4) is 0 Å². The second-order valence-corrected chi connectivity index (χ2v) is 6.81. The molecular formula is C15H17BrN2S. The minimum Gasteiger partial charge on any atom is -0.364 e. The number of rotatable bonds is 2. The average molecular weight is 337 g/mol. The van der Waals surface area contributed by atoms with Crippen LogP contribution in [0.25, 0.3) is 0 Å². The molecule has 1 aromatic carbocycles. The van der Waals surface area contributed by atoms with Crippen molar-refractivity contribution in [3.63, 3.8) is 0 Å². The predicted molar refractivity (Wildman–Crippen MR) is 85.8 cm³/mol. The van der Waals surface area contributed by atoms with Gasteiger partial charge < -0.3 is 10.6 Å². The smallest absolute Gasteiger partial charge is 0.0525 e. The number of anilines is 1. The minimum atomic E-state index is 0.432. The highest BCUT2D eigenvalue weighted by molar-refractivity contribution is 9.10. The second kappa shape index (κ2) is 5.27.